The van der Waals surface area contributed by atoms with Crippen molar-refractivity contribution in [2.75, 3.05) is 26.7 Å². The predicted octanol–water partition coefficient (Wildman–Crippen LogP) is 1.16. The van der Waals surface area contributed by atoms with Gasteiger partial charge >= 0.3 is 0 Å². The van der Waals surface area contributed by atoms with Crippen molar-refractivity contribution in [3.63, 3.8) is 0 Å². The summed E-state index contributed by atoms with van der Waals surface area (Å²) >= 11 is 0. The summed E-state index contributed by atoms with van der Waals surface area (Å²) in [5, 5.41) is 3.44. The third-order valence-corrected chi connectivity index (χ3v) is 3.90. The Balaban J connectivity index is 1.78. The van der Waals surface area contributed by atoms with E-state index < -0.39 is 0 Å². The Morgan fingerprint density at radius 1 is 1.35 bits per heavy atom. The van der Waals surface area contributed by atoms with E-state index in [0.29, 0.717) is 18.4 Å². The molecule has 2 aliphatic heterocycles. The van der Waals surface area contributed by atoms with Gasteiger partial charge in [-0.1, -0.05) is 6.42 Å². The van der Waals surface area contributed by atoms with Crippen LogP contribution >= 0.6 is 0 Å². The van der Waals surface area contributed by atoms with E-state index in [1.54, 1.807) is 7.11 Å². The molecular weight excluding hydrogens is 216 g/mol. The Hall–Kier alpha value is -0.610. The van der Waals surface area contributed by atoms with E-state index in [1.807, 2.05) is 4.90 Å². The van der Waals surface area contributed by atoms with Crippen LogP contribution in [0.15, 0.2) is 0 Å². The van der Waals surface area contributed by atoms with Crippen LogP contribution in [0.5, 0.6) is 0 Å². The molecule has 4 nitrogen and oxygen atoms in total. The zero-order chi connectivity index (χ0) is 12.1. The summed E-state index contributed by atoms with van der Waals surface area (Å²) < 4.78 is 5.35. The standard InChI is InChI=1S/C13H24N2O2/c1-17-12-6-4-8-15(10-12)13(16)9-11-5-2-3-7-14-11/h11-12,14H,2-10H2,1H3. The van der Waals surface area contributed by atoms with E-state index >= 15 is 0 Å². The topological polar surface area (TPSA) is 41.6 Å². The van der Waals surface area contributed by atoms with Crippen LogP contribution in [0.25, 0.3) is 0 Å². The molecule has 2 atom stereocenters. The minimum Gasteiger partial charge on any atom is -0.380 e. The maximum Gasteiger partial charge on any atom is 0.224 e. The number of methoxy groups -OCH3 is 1. The van der Waals surface area contributed by atoms with Gasteiger partial charge in [-0.05, 0) is 32.2 Å². The molecule has 2 saturated heterocycles. The summed E-state index contributed by atoms with van der Waals surface area (Å²) in [5.41, 5.74) is 0. The average molecular weight is 240 g/mol. The van der Waals surface area contributed by atoms with Crippen LogP contribution < -0.4 is 5.32 Å². The molecule has 0 bridgehead atoms. The molecule has 98 valence electrons. The van der Waals surface area contributed by atoms with Crippen LogP contribution in [0, 0.1) is 0 Å². The Kier molecular flexibility index (Phi) is 4.80. The quantitative estimate of drug-likeness (QED) is 0.805. The van der Waals surface area contributed by atoms with Crippen LogP contribution in [-0.2, 0) is 9.53 Å². The summed E-state index contributed by atoms with van der Waals surface area (Å²) in [6.45, 7) is 2.76. The fraction of sp³-hybridized carbons (Fsp3) is 0.923. The van der Waals surface area contributed by atoms with Crippen molar-refractivity contribution in [2.24, 2.45) is 0 Å². The number of carbonyl (C=O) groups is 1. The van der Waals surface area contributed by atoms with Gasteiger partial charge in [0.2, 0.25) is 5.91 Å². The number of rotatable bonds is 3. The molecule has 0 aliphatic carbocycles. The largest absolute Gasteiger partial charge is 0.380 e. The molecule has 1 amide bonds. The van der Waals surface area contributed by atoms with Gasteiger partial charge in [0.05, 0.1) is 6.10 Å². The van der Waals surface area contributed by atoms with E-state index in [4.69, 9.17) is 4.74 Å². The molecule has 0 aromatic carbocycles. The van der Waals surface area contributed by atoms with E-state index in [2.05, 4.69) is 5.32 Å². The van der Waals surface area contributed by atoms with Crippen molar-refractivity contribution in [3.8, 4) is 0 Å². The number of hydrogen-bond acceptors (Lipinski definition) is 3. The number of hydrogen-bond donors (Lipinski definition) is 1. The van der Waals surface area contributed by atoms with Crippen LogP contribution in [0.2, 0.25) is 0 Å². The summed E-state index contributed by atoms with van der Waals surface area (Å²) in [4.78, 5) is 14.1. The molecule has 1 N–H and O–H groups in total. The first-order chi connectivity index (χ1) is 8.29. The highest BCUT2D eigenvalue weighted by molar-refractivity contribution is 5.77. The lowest BCUT2D eigenvalue weighted by molar-refractivity contribution is -0.135. The first-order valence-corrected chi connectivity index (χ1v) is 6.83. The lowest BCUT2D eigenvalue weighted by atomic mass is 10.0. The maximum absolute atomic E-state index is 12.2. The second-order valence-electron chi connectivity index (χ2n) is 5.19. The van der Waals surface area contributed by atoms with Crippen LogP contribution in [-0.4, -0.2) is 49.7 Å². The van der Waals surface area contributed by atoms with Gasteiger partial charge in [0, 0.05) is 32.7 Å². The predicted molar refractivity (Wildman–Crippen MR) is 66.9 cm³/mol. The Morgan fingerprint density at radius 3 is 2.94 bits per heavy atom. The lowest BCUT2D eigenvalue weighted by Crippen LogP contribution is -2.46. The third-order valence-electron chi connectivity index (χ3n) is 3.90. The number of nitrogens with zero attached hydrogens (tertiary/aromatic N) is 1. The van der Waals surface area contributed by atoms with Crippen molar-refractivity contribution < 1.29 is 9.53 Å². The average Bonchev–Trinajstić information content (AvgIpc) is 2.40. The van der Waals surface area contributed by atoms with E-state index in [9.17, 15) is 4.79 Å². The molecule has 17 heavy (non-hydrogen) atoms. The third kappa shape index (κ3) is 3.68. The fourth-order valence-electron chi connectivity index (χ4n) is 2.80. The number of amides is 1. The number of ether oxygens (including phenoxy) is 1. The van der Waals surface area contributed by atoms with Crippen molar-refractivity contribution in [1.82, 2.24) is 10.2 Å². The number of piperidine rings is 2. The van der Waals surface area contributed by atoms with Gasteiger partial charge in [0.25, 0.3) is 0 Å². The zero-order valence-corrected chi connectivity index (χ0v) is 10.8. The van der Waals surface area contributed by atoms with E-state index in [-0.39, 0.29) is 6.10 Å². The Labute approximate surface area is 104 Å². The molecule has 2 unspecified atom stereocenters. The summed E-state index contributed by atoms with van der Waals surface area (Å²) in [6.07, 6.45) is 6.71. The van der Waals surface area contributed by atoms with Crippen molar-refractivity contribution in [1.29, 1.82) is 0 Å². The number of likely N-dealkylation sites (tertiary alicyclic amines) is 1. The highest BCUT2D eigenvalue weighted by Gasteiger charge is 2.25. The highest BCUT2D eigenvalue weighted by atomic mass is 16.5. The SMILES string of the molecule is COC1CCCN(C(=O)CC2CCCCN2)C1. The second-order valence-corrected chi connectivity index (χ2v) is 5.19. The molecule has 4 heteroatoms. The molecule has 0 aromatic rings. The lowest BCUT2D eigenvalue weighted by Gasteiger charge is -2.33. The minimum atomic E-state index is 0.243. The normalized spacial score (nSPS) is 30.3. The Morgan fingerprint density at radius 2 is 2.24 bits per heavy atom. The molecule has 2 fully saturated rings. The van der Waals surface area contributed by atoms with Crippen molar-refractivity contribution in [2.45, 2.75) is 50.7 Å². The zero-order valence-electron chi connectivity index (χ0n) is 10.8. The minimum absolute atomic E-state index is 0.243. The van der Waals surface area contributed by atoms with Crippen molar-refractivity contribution >= 4 is 5.91 Å². The molecule has 0 saturated carbocycles. The van der Waals surface area contributed by atoms with Gasteiger partial charge in [-0.15, -0.1) is 0 Å². The van der Waals surface area contributed by atoms with Gasteiger partial charge in [-0.3, -0.25) is 4.79 Å². The van der Waals surface area contributed by atoms with Crippen LogP contribution in [0.1, 0.15) is 38.5 Å². The first kappa shape index (κ1) is 12.8. The molecule has 0 radical (unpaired) electrons. The molecule has 2 rings (SSSR count). The smallest absolute Gasteiger partial charge is 0.224 e. The number of carbonyl (C=O) groups excluding carboxylic acids is 1. The Bertz CT molecular complexity index is 252. The van der Waals surface area contributed by atoms with Gasteiger partial charge in [-0.2, -0.15) is 0 Å². The molecule has 2 heterocycles. The van der Waals surface area contributed by atoms with Gasteiger partial charge in [0.15, 0.2) is 0 Å². The fourth-order valence-corrected chi connectivity index (χ4v) is 2.80. The monoisotopic (exact) mass is 240 g/mol. The number of nitrogens with one attached hydrogen (secondary N) is 1. The highest BCUT2D eigenvalue weighted by Crippen LogP contribution is 2.16. The van der Waals surface area contributed by atoms with Crippen molar-refractivity contribution in [3.05, 3.63) is 0 Å². The first-order valence-electron chi connectivity index (χ1n) is 6.83. The van der Waals surface area contributed by atoms with Gasteiger partial charge in [-0.25, -0.2) is 0 Å². The molecule has 0 aromatic heterocycles. The molecule has 2 aliphatic rings. The maximum atomic E-state index is 12.2. The second kappa shape index (κ2) is 6.36. The molecule has 0 spiro atoms. The van der Waals surface area contributed by atoms with Crippen LogP contribution in [0.3, 0.4) is 0 Å². The summed E-state index contributed by atoms with van der Waals surface area (Å²) in [6, 6.07) is 0.402. The van der Waals surface area contributed by atoms with Gasteiger partial charge in [0.1, 0.15) is 0 Å². The molecular formula is C13H24N2O2. The summed E-state index contributed by atoms with van der Waals surface area (Å²) in [5.74, 6) is 0.297. The summed E-state index contributed by atoms with van der Waals surface area (Å²) in [7, 11) is 1.74. The van der Waals surface area contributed by atoms with E-state index in [1.165, 1.54) is 12.8 Å². The van der Waals surface area contributed by atoms with E-state index in [0.717, 1.165) is 38.9 Å². The van der Waals surface area contributed by atoms with Gasteiger partial charge < -0.3 is 15.0 Å². The van der Waals surface area contributed by atoms with Crippen LogP contribution in [0.4, 0.5) is 0 Å².